The van der Waals surface area contributed by atoms with E-state index in [9.17, 15) is 27.6 Å². The summed E-state index contributed by atoms with van der Waals surface area (Å²) >= 11 is 1.03. The molecule has 1 amide bonds. The zero-order valence-electron chi connectivity index (χ0n) is 25.3. The van der Waals surface area contributed by atoms with Gasteiger partial charge in [0.1, 0.15) is 12.3 Å². The second-order valence-corrected chi connectivity index (χ2v) is 13.5. The molecule has 16 heteroatoms. The Kier molecular flexibility index (Phi) is 10.9. The highest BCUT2D eigenvalue weighted by Crippen LogP contribution is 2.34. The molecule has 1 aliphatic heterocycles. The number of hydrogen-bond acceptors (Lipinski definition) is 14. The van der Waals surface area contributed by atoms with Gasteiger partial charge in [-0.05, 0) is 47.1 Å². The maximum absolute atomic E-state index is 13.4. The van der Waals surface area contributed by atoms with E-state index in [0.29, 0.717) is 4.31 Å². The van der Waals surface area contributed by atoms with Gasteiger partial charge in [0.25, 0.3) is 0 Å². The van der Waals surface area contributed by atoms with E-state index < -0.39 is 69.9 Å². The molecule has 14 nitrogen and oxygen atoms in total. The van der Waals surface area contributed by atoms with E-state index in [1.54, 1.807) is 31.2 Å². The molecule has 2 atom stereocenters. The van der Waals surface area contributed by atoms with Crippen LogP contribution in [0.1, 0.15) is 59.2 Å². The number of hydrogen-bond donors (Lipinski definition) is 1. The molecule has 0 saturated carbocycles. The Labute approximate surface area is 259 Å². The van der Waals surface area contributed by atoms with E-state index in [1.165, 1.54) is 40.0 Å². The van der Waals surface area contributed by atoms with Gasteiger partial charge in [0.05, 0.1) is 30.6 Å². The number of carbonyl (C=O) groups is 4. The third-order valence-electron chi connectivity index (χ3n) is 6.63. The van der Waals surface area contributed by atoms with Crippen molar-refractivity contribution < 1.29 is 46.1 Å². The molecule has 3 rings (SSSR count). The number of ketones is 1. The summed E-state index contributed by atoms with van der Waals surface area (Å²) in [5.41, 5.74) is 3.34. The molecule has 1 fully saturated rings. The predicted octanol–water partition coefficient (Wildman–Crippen LogP) is 2.62. The summed E-state index contributed by atoms with van der Waals surface area (Å²) in [5, 5.41) is 5.51. The Morgan fingerprint density at radius 2 is 1.75 bits per heavy atom. The number of anilines is 1. The monoisotopic (exact) mass is 652 g/mol. The van der Waals surface area contributed by atoms with Gasteiger partial charge in [0, 0.05) is 11.8 Å². The Bertz CT molecular complexity index is 1520. The lowest BCUT2D eigenvalue weighted by atomic mass is 9.86. The second-order valence-electron chi connectivity index (χ2n) is 11.1. The van der Waals surface area contributed by atoms with Gasteiger partial charge in [-0.2, -0.15) is 8.42 Å². The largest absolute Gasteiger partial charge is 0.466 e. The molecule has 240 valence electrons. The van der Waals surface area contributed by atoms with Gasteiger partial charge < -0.3 is 20.0 Å². The maximum atomic E-state index is 13.4. The summed E-state index contributed by atoms with van der Waals surface area (Å²) in [6.45, 7) is 8.30. The van der Waals surface area contributed by atoms with Gasteiger partial charge in [-0.25, -0.2) is 14.1 Å². The second kappa shape index (κ2) is 13.8. The minimum atomic E-state index is -4.57. The van der Waals surface area contributed by atoms with E-state index in [1.807, 2.05) is 6.07 Å². The zero-order valence-corrected chi connectivity index (χ0v) is 26.9. The fourth-order valence-electron chi connectivity index (χ4n) is 3.91. The number of ether oxygens (including phenoxy) is 2. The lowest BCUT2D eigenvalue weighted by Gasteiger charge is -2.43. The van der Waals surface area contributed by atoms with Crippen LogP contribution in [0.25, 0.3) is 0 Å². The number of rotatable bonds is 15. The van der Waals surface area contributed by atoms with Crippen LogP contribution in [0.4, 0.5) is 5.13 Å². The lowest BCUT2D eigenvalue weighted by Crippen LogP contribution is -2.62. The molecule has 0 unspecified atom stereocenters. The summed E-state index contributed by atoms with van der Waals surface area (Å²) in [5.74, 6) is -4.02. The number of β-lactam (4-membered cyclic amide) rings is 1. The van der Waals surface area contributed by atoms with Crippen LogP contribution >= 0.6 is 11.3 Å². The number of aromatic nitrogens is 1. The number of nitrogens with zero attached hydrogens (tertiary/aromatic N) is 3. The van der Waals surface area contributed by atoms with Gasteiger partial charge in [-0.3, -0.25) is 18.6 Å². The number of amides is 1. The molecule has 0 radical (unpaired) electrons. The highest BCUT2D eigenvalue weighted by molar-refractivity contribution is 7.85. The van der Waals surface area contributed by atoms with Gasteiger partial charge in [-0.15, -0.1) is 11.3 Å². The summed E-state index contributed by atoms with van der Waals surface area (Å²) in [7, 11) is -4.57. The smallest absolute Gasteiger partial charge is 0.364 e. The summed E-state index contributed by atoms with van der Waals surface area (Å²) < 4.78 is 41.4. The topological polar surface area (TPSA) is 194 Å². The van der Waals surface area contributed by atoms with Crippen LogP contribution in [-0.2, 0) is 54.6 Å². The summed E-state index contributed by atoms with van der Waals surface area (Å²) in [4.78, 5) is 60.7. The Morgan fingerprint density at radius 1 is 1.09 bits per heavy atom. The van der Waals surface area contributed by atoms with Crippen molar-refractivity contribution in [3.63, 3.8) is 0 Å². The number of thiazole rings is 1. The van der Waals surface area contributed by atoms with Crippen LogP contribution in [0.3, 0.4) is 0 Å². The maximum Gasteiger partial charge on any atom is 0.364 e. The highest BCUT2D eigenvalue weighted by atomic mass is 32.2. The van der Waals surface area contributed by atoms with Crippen LogP contribution in [0.2, 0.25) is 0 Å². The minimum Gasteiger partial charge on any atom is -0.466 e. The molecule has 0 aliphatic carbocycles. The molecule has 44 heavy (non-hydrogen) atoms. The lowest BCUT2D eigenvalue weighted by molar-refractivity contribution is -0.169. The molecule has 0 bridgehead atoms. The van der Waals surface area contributed by atoms with Crippen molar-refractivity contribution in [3.8, 4) is 0 Å². The van der Waals surface area contributed by atoms with E-state index in [2.05, 4.69) is 10.1 Å². The first-order valence-corrected chi connectivity index (χ1v) is 15.9. The average molecular weight is 653 g/mol. The molecule has 1 aromatic carbocycles. The van der Waals surface area contributed by atoms with Crippen molar-refractivity contribution in [1.29, 1.82) is 0 Å². The van der Waals surface area contributed by atoms with E-state index >= 15 is 0 Å². The van der Waals surface area contributed by atoms with E-state index in [0.717, 1.165) is 16.9 Å². The number of nitrogens with two attached hydrogens (primary N) is 1. The SMILES string of the molecule is CCOC(=O)C(C)(C)COS(=O)(=O)N1C(=O)[C@@H](CC(=O)/C(=N\OC(C)(C)C(=O)OCc2ccccc2)c2csc(N)n2)[C@@H]1C. The van der Waals surface area contributed by atoms with Crippen LogP contribution < -0.4 is 5.73 Å². The van der Waals surface area contributed by atoms with Crippen LogP contribution in [0.15, 0.2) is 40.9 Å². The summed E-state index contributed by atoms with van der Waals surface area (Å²) in [6.07, 6.45) is -0.446. The van der Waals surface area contributed by atoms with Crippen molar-refractivity contribution in [2.45, 2.75) is 66.2 Å². The number of nitrogen functional groups attached to an aromatic ring is 1. The number of oxime groups is 1. The highest BCUT2D eigenvalue weighted by Gasteiger charge is 2.53. The molecule has 2 N–H and O–H groups in total. The minimum absolute atomic E-state index is 0.00426. The van der Waals surface area contributed by atoms with Crippen LogP contribution in [0, 0.1) is 11.3 Å². The number of carbonyl (C=O) groups excluding carboxylic acids is 4. The molecule has 2 heterocycles. The molecule has 2 aromatic rings. The van der Waals surface area contributed by atoms with Crippen LogP contribution in [-0.4, -0.2) is 71.9 Å². The molecule has 1 aromatic heterocycles. The first kappa shape index (κ1) is 34.6. The molecule has 0 spiro atoms. The molecular formula is C28H36N4O10S2. The van der Waals surface area contributed by atoms with E-state index in [4.69, 9.17) is 24.2 Å². The normalized spacial score (nSPS) is 17.5. The Hall–Kier alpha value is -3.89. The van der Waals surface area contributed by atoms with Crippen molar-refractivity contribution in [1.82, 2.24) is 9.29 Å². The quantitative estimate of drug-likeness (QED) is 0.128. The fourth-order valence-corrected chi connectivity index (χ4v) is 5.93. The third kappa shape index (κ3) is 8.18. The third-order valence-corrected chi connectivity index (χ3v) is 8.71. The predicted molar refractivity (Wildman–Crippen MR) is 159 cm³/mol. The zero-order chi connectivity index (χ0) is 32.9. The number of benzene rings is 1. The molecular weight excluding hydrogens is 616 g/mol. The molecule has 1 saturated heterocycles. The van der Waals surface area contributed by atoms with Gasteiger partial charge in [0.2, 0.25) is 11.5 Å². The first-order chi connectivity index (χ1) is 20.5. The van der Waals surface area contributed by atoms with Gasteiger partial charge >= 0.3 is 22.2 Å². The fraction of sp³-hybridized carbons (Fsp3) is 0.500. The average Bonchev–Trinajstić information content (AvgIpc) is 3.39. The van der Waals surface area contributed by atoms with Gasteiger partial charge in [0.15, 0.2) is 16.6 Å². The van der Waals surface area contributed by atoms with Crippen LogP contribution in [0.5, 0.6) is 0 Å². The standard InChI is InChI=1S/C28H36N4O10S2/c1-7-39-24(35)27(3,4)16-41-44(37,38)32-17(2)19(23(32)34)13-21(33)22(20-15-43-26(29)30-20)31-42-28(5,6)25(36)40-14-18-11-9-8-10-12-18/h8-12,15,17,19H,7,13-14,16H2,1-6H3,(H2,29,30)/b31-22-/t17-,19-/m0/s1. The summed E-state index contributed by atoms with van der Waals surface area (Å²) in [6, 6.07) is 8.05. The van der Waals surface area contributed by atoms with Crippen molar-refractivity contribution in [3.05, 3.63) is 47.0 Å². The number of Topliss-reactive ketones (excluding diaryl/α,β-unsaturated/α-hetero) is 1. The Morgan fingerprint density at radius 3 is 2.32 bits per heavy atom. The first-order valence-electron chi connectivity index (χ1n) is 13.6. The van der Waals surface area contributed by atoms with Gasteiger partial charge in [-0.1, -0.05) is 35.5 Å². The van der Waals surface area contributed by atoms with E-state index in [-0.39, 0.29) is 29.8 Å². The van der Waals surface area contributed by atoms with Crippen molar-refractivity contribution in [2.75, 3.05) is 18.9 Å². The van der Waals surface area contributed by atoms with Crippen molar-refractivity contribution >= 4 is 56.1 Å². The number of esters is 2. The van der Waals surface area contributed by atoms with Crippen molar-refractivity contribution in [2.24, 2.45) is 16.5 Å². The molecule has 1 aliphatic rings. The Balaban J connectivity index is 1.70.